The number of hydrogen-bond acceptors (Lipinski definition) is 3. The molecule has 4 nitrogen and oxygen atoms in total. The molecule has 1 aromatic heterocycles. The van der Waals surface area contributed by atoms with Crippen molar-refractivity contribution in [1.82, 2.24) is 4.98 Å². The van der Waals surface area contributed by atoms with E-state index in [0.29, 0.717) is 6.42 Å². The van der Waals surface area contributed by atoms with E-state index in [2.05, 4.69) is 68.0 Å². The number of fused-ring (bicyclic) bond motifs is 1. The molecule has 0 radical (unpaired) electrons. The lowest BCUT2D eigenvalue weighted by molar-refractivity contribution is -0.117. The van der Waals surface area contributed by atoms with E-state index in [-0.39, 0.29) is 11.3 Å². The van der Waals surface area contributed by atoms with Crippen molar-refractivity contribution in [2.45, 2.75) is 54.0 Å². The molecule has 0 saturated heterocycles. The number of rotatable bonds is 4. The van der Waals surface area contributed by atoms with E-state index in [0.717, 1.165) is 42.1 Å². The molecule has 0 aliphatic carbocycles. The highest BCUT2D eigenvalue weighted by molar-refractivity contribution is 5.92. The van der Waals surface area contributed by atoms with E-state index in [4.69, 9.17) is 0 Å². The average molecular weight is 351 g/mol. The fourth-order valence-corrected chi connectivity index (χ4v) is 3.65. The second-order valence-electron chi connectivity index (χ2n) is 8.55. The van der Waals surface area contributed by atoms with Crippen molar-refractivity contribution in [3.8, 4) is 0 Å². The Morgan fingerprint density at radius 1 is 1.23 bits per heavy atom. The van der Waals surface area contributed by atoms with Gasteiger partial charge in [-0.2, -0.15) is 0 Å². The molecule has 2 heterocycles. The molecule has 0 atom stereocenters. The molecular weight excluding hydrogens is 322 g/mol. The SMILES string of the molecule is Cc1cc(CN2CCc3cccnc32)cc(C)c1NC(=O)CC(C)(C)C. The number of amides is 1. The van der Waals surface area contributed by atoms with Crippen LogP contribution in [0.4, 0.5) is 11.5 Å². The first kappa shape index (κ1) is 18.4. The lowest BCUT2D eigenvalue weighted by Gasteiger charge is -2.21. The first-order valence-corrected chi connectivity index (χ1v) is 9.32. The molecule has 0 bridgehead atoms. The van der Waals surface area contributed by atoms with E-state index in [1.807, 2.05) is 12.3 Å². The maximum atomic E-state index is 12.3. The van der Waals surface area contributed by atoms with Gasteiger partial charge >= 0.3 is 0 Å². The van der Waals surface area contributed by atoms with Crippen LogP contribution in [0.1, 0.15) is 49.4 Å². The summed E-state index contributed by atoms with van der Waals surface area (Å²) in [5.74, 6) is 1.18. The Balaban J connectivity index is 1.75. The standard InChI is InChI=1S/C22H29N3O/c1-15-11-17(14-25-10-8-18-7-6-9-23-21(18)25)12-16(2)20(15)24-19(26)13-22(3,4)5/h6-7,9,11-12H,8,10,13-14H2,1-5H3,(H,24,26). The topological polar surface area (TPSA) is 45.2 Å². The smallest absolute Gasteiger partial charge is 0.224 e. The summed E-state index contributed by atoms with van der Waals surface area (Å²) in [6.45, 7) is 12.2. The summed E-state index contributed by atoms with van der Waals surface area (Å²) in [7, 11) is 0. The molecule has 26 heavy (non-hydrogen) atoms. The van der Waals surface area contributed by atoms with Gasteiger partial charge in [0.25, 0.3) is 0 Å². The summed E-state index contributed by atoms with van der Waals surface area (Å²) in [6, 6.07) is 8.53. The molecule has 3 rings (SSSR count). The van der Waals surface area contributed by atoms with Crippen LogP contribution in [0.5, 0.6) is 0 Å². The minimum absolute atomic E-state index is 0.0119. The Morgan fingerprint density at radius 2 is 1.92 bits per heavy atom. The van der Waals surface area contributed by atoms with Crippen LogP contribution in [-0.4, -0.2) is 17.4 Å². The Hall–Kier alpha value is -2.36. The van der Waals surface area contributed by atoms with Crippen LogP contribution in [0.2, 0.25) is 0 Å². The summed E-state index contributed by atoms with van der Waals surface area (Å²) in [5.41, 5.74) is 5.75. The van der Waals surface area contributed by atoms with E-state index < -0.39 is 0 Å². The fraction of sp³-hybridized carbons (Fsp3) is 0.455. The highest BCUT2D eigenvalue weighted by Gasteiger charge is 2.21. The summed E-state index contributed by atoms with van der Waals surface area (Å²) < 4.78 is 0. The third-order valence-electron chi connectivity index (χ3n) is 4.74. The van der Waals surface area contributed by atoms with Crippen LogP contribution in [0.25, 0.3) is 0 Å². The fourth-order valence-electron chi connectivity index (χ4n) is 3.65. The van der Waals surface area contributed by atoms with Gasteiger partial charge in [0.1, 0.15) is 5.82 Å². The van der Waals surface area contributed by atoms with Gasteiger partial charge in [0, 0.05) is 31.4 Å². The minimum atomic E-state index is -0.0119. The van der Waals surface area contributed by atoms with Gasteiger partial charge in [0.2, 0.25) is 5.91 Å². The molecule has 0 saturated carbocycles. The number of aromatic nitrogens is 1. The molecule has 1 aromatic carbocycles. The van der Waals surface area contributed by atoms with Crippen molar-refractivity contribution in [2.75, 3.05) is 16.8 Å². The normalized spacial score (nSPS) is 13.7. The molecule has 1 aliphatic heterocycles. The van der Waals surface area contributed by atoms with E-state index in [1.54, 1.807) is 0 Å². The molecule has 0 fully saturated rings. The zero-order valence-corrected chi connectivity index (χ0v) is 16.5. The maximum absolute atomic E-state index is 12.3. The Morgan fingerprint density at radius 3 is 2.58 bits per heavy atom. The minimum Gasteiger partial charge on any atom is -0.352 e. The van der Waals surface area contributed by atoms with E-state index in [1.165, 1.54) is 11.1 Å². The van der Waals surface area contributed by atoms with Gasteiger partial charge in [-0.25, -0.2) is 4.98 Å². The zero-order valence-electron chi connectivity index (χ0n) is 16.5. The van der Waals surface area contributed by atoms with Crippen molar-refractivity contribution in [1.29, 1.82) is 0 Å². The van der Waals surface area contributed by atoms with Crippen LogP contribution in [-0.2, 0) is 17.8 Å². The number of carbonyl (C=O) groups is 1. The first-order valence-electron chi connectivity index (χ1n) is 9.32. The lowest BCUT2D eigenvalue weighted by Crippen LogP contribution is -2.22. The van der Waals surface area contributed by atoms with Crippen molar-refractivity contribution in [3.63, 3.8) is 0 Å². The van der Waals surface area contributed by atoms with Crippen LogP contribution in [0.15, 0.2) is 30.5 Å². The number of benzene rings is 1. The first-order chi connectivity index (χ1) is 12.2. The summed E-state index contributed by atoms with van der Waals surface area (Å²) in [5, 5.41) is 3.11. The third-order valence-corrected chi connectivity index (χ3v) is 4.74. The number of pyridine rings is 1. The second-order valence-corrected chi connectivity index (χ2v) is 8.55. The highest BCUT2D eigenvalue weighted by atomic mass is 16.1. The average Bonchev–Trinajstić information content (AvgIpc) is 2.93. The van der Waals surface area contributed by atoms with Crippen molar-refractivity contribution < 1.29 is 4.79 Å². The van der Waals surface area contributed by atoms with Gasteiger partial charge in [-0.1, -0.05) is 39.0 Å². The number of nitrogens with one attached hydrogen (secondary N) is 1. The van der Waals surface area contributed by atoms with E-state index >= 15 is 0 Å². The summed E-state index contributed by atoms with van der Waals surface area (Å²) in [6.07, 6.45) is 3.44. The molecule has 1 amide bonds. The molecule has 4 heteroatoms. The van der Waals surface area contributed by atoms with Crippen molar-refractivity contribution in [3.05, 3.63) is 52.7 Å². The molecule has 1 N–H and O–H groups in total. The Kier molecular flexibility index (Phi) is 5.03. The van der Waals surface area contributed by atoms with Gasteiger partial charge < -0.3 is 10.2 Å². The van der Waals surface area contributed by atoms with Gasteiger partial charge in [0.05, 0.1) is 0 Å². The highest BCUT2D eigenvalue weighted by Crippen LogP contribution is 2.29. The predicted molar refractivity (Wildman–Crippen MR) is 108 cm³/mol. The van der Waals surface area contributed by atoms with Crippen molar-refractivity contribution in [2.24, 2.45) is 5.41 Å². The molecular formula is C22H29N3O. The summed E-state index contributed by atoms with van der Waals surface area (Å²) >= 11 is 0. The van der Waals surface area contributed by atoms with Gasteiger partial charge in [-0.05, 0) is 54.0 Å². The van der Waals surface area contributed by atoms with Gasteiger partial charge in [0.15, 0.2) is 0 Å². The van der Waals surface area contributed by atoms with Gasteiger partial charge in [-0.15, -0.1) is 0 Å². The largest absolute Gasteiger partial charge is 0.352 e. The molecule has 138 valence electrons. The van der Waals surface area contributed by atoms with Crippen LogP contribution < -0.4 is 10.2 Å². The number of anilines is 2. The van der Waals surface area contributed by atoms with E-state index in [9.17, 15) is 4.79 Å². The third kappa shape index (κ3) is 4.24. The quantitative estimate of drug-likeness (QED) is 0.873. The number of carbonyl (C=O) groups excluding carboxylic acids is 1. The molecule has 0 unspecified atom stereocenters. The van der Waals surface area contributed by atoms with Crippen LogP contribution in [0.3, 0.4) is 0 Å². The lowest BCUT2D eigenvalue weighted by atomic mass is 9.92. The molecule has 1 aliphatic rings. The maximum Gasteiger partial charge on any atom is 0.224 e. The van der Waals surface area contributed by atoms with Crippen LogP contribution >= 0.6 is 0 Å². The zero-order chi connectivity index (χ0) is 18.9. The number of hydrogen-bond donors (Lipinski definition) is 1. The Bertz CT molecular complexity index is 797. The molecule has 0 spiro atoms. The number of nitrogens with zero attached hydrogens (tertiary/aromatic N) is 2. The molecule has 2 aromatic rings. The van der Waals surface area contributed by atoms with Crippen LogP contribution in [0, 0.1) is 19.3 Å². The Labute approximate surface area is 156 Å². The number of aryl methyl sites for hydroxylation is 2. The predicted octanol–water partition coefficient (Wildman–Crippen LogP) is 4.64. The van der Waals surface area contributed by atoms with Gasteiger partial charge in [-0.3, -0.25) is 4.79 Å². The monoisotopic (exact) mass is 351 g/mol. The second kappa shape index (κ2) is 7.10. The van der Waals surface area contributed by atoms with Crippen molar-refractivity contribution >= 4 is 17.4 Å². The summed E-state index contributed by atoms with van der Waals surface area (Å²) in [4.78, 5) is 19.2.